The van der Waals surface area contributed by atoms with Gasteiger partial charge in [-0.15, -0.1) is 0 Å². The molecule has 0 aliphatic carbocycles. The van der Waals surface area contributed by atoms with Gasteiger partial charge in [0.15, 0.2) is 34.3 Å². The van der Waals surface area contributed by atoms with Crippen LogP contribution in [0.15, 0.2) is 6.08 Å². The summed E-state index contributed by atoms with van der Waals surface area (Å²) in [6, 6.07) is 0. The van der Waals surface area contributed by atoms with Gasteiger partial charge in [0.2, 0.25) is 5.82 Å². The molecule has 0 bridgehead atoms. The Labute approximate surface area is 95.0 Å². The fourth-order valence-corrected chi connectivity index (χ4v) is 1.28. The summed E-state index contributed by atoms with van der Waals surface area (Å²) < 4.78 is 82.6. The molecule has 94 valence electrons. The van der Waals surface area contributed by atoms with Crippen LogP contribution >= 0.6 is 0 Å². The number of benzene rings is 1. The van der Waals surface area contributed by atoms with Crippen LogP contribution in [0.25, 0.3) is 6.08 Å². The molecule has 0 spiro atoms. The monoisotopic (exact) mass is 272 g/mol. The summed E-state index contributed by atoms with van der Waals surface area (Å²) in [6.45, 7) is 0. The average Bonchev–Trinajstić information content (AvgIpc) is 2.28. The van der Waals surface area contributed by atoms with Crippen LogP contribution in [0.4, 0.5) is 22.0 Å². The molecule has 1 rings (SSSR count). The number of halogens is 5. The van der Waals surface area contributed by atoms with Crippen LogP contribution in [0.2, 0.25) is 0 Å². The third kappa shape index (κ3) is 2.89. The highest BCUT2D eigenvalue weighted by Gasteiger charge is 2.23. The number of rotatable bonds is 3. The fourth-order valence-electron chi connectivity index (χ4n) is 1.02. The molecular weight excluding hydrogens is 267 g/mol. The van der Waals surface area contributed by atoms with Crippen molar-refractivity contribution in [3.63, 3.8) is 0 Å². The van der Waals surface area contributed by atoms with E-state index in [1.165, 1.54) is 0 Å². The van der Waals surface area contributed by atoms with Gasteiger partial charge in [-0.2, -0.15) is 0 Å². The van der Waals surface area contributed by atoms with Crippen molar-refractivity contribution in [1.29, 1.82) is 0 Å². The number of hydrogen-bond donors (Lipinski definition) is 1. The van der Waals surface area contributed by atoms with Crippen molar-refractivity contribution in [3.05, 3.63) is 40.7 Å². The highest BCUT2D eigenvalue weighted by molar-refractivity contribution is 7.79. The van der Waals surface area contributed by atoms with Crippen LogP contribution in [-0.4, -0.2) is 14.5 Å². The zero-order valence-electron chi connectivity index (χ0n) is 8.02. The minimum absolute atomic E-state index is 0.487. The van der Waals surface area contributed by atoms with Crippen molar-refractivity contribution in [2.75, 3.05) is 5.75 Å². The zero-order valence-corrected chi connectivity index (χ0v) is 8.83. The van der Waals surface area contributed by atoms with Gasteiger partial charge in [0.05, 0.1) is 11.3 Å². The van der Waals surface area contributed by atoms with Crippen LogP contribution in [0, 0.1) is 29.1 Å². The van der Waals surface area contributed by atoms with E-state index in [0.29, 0.717) is 6.08 Å². The van der Waals surface area contributed by atoms with E-state index in [1.54, 1.807) is 0 Å². The first-order valence-electron chi connectivity index (χ1n) is 4.11. The summed E-state index contributed by atoms with van der Waals surface area (Å²) in [5.41, 5.74) is -1.15. The number of hydrogen-bond acceptors (Lipinski definition) is 1. The molecule has 1 aromatic rings. The van der Waals surface area contributed by atoms with Gasteiger partial charge in [0, 0.05) is 0 Å². The average molecular weight is 272 g/mol. The zero-order chi connectivity index (χ0) is 13.2. The maximum absolute atomic E-state index is 13.0. The van der Waals surface area contributed by atoms with Crippen molar-refractivity contribution in [3.8, 4) is 0 Å². The summed E-state index contributed by atoms with van der Waals surface area (Å²) in [6.07, 6.45) is 1.39. The Morgan fingerprint density at radius 2 is 1.35 bits per heavy atom. The van der Waals surface area contributed by atoms with Gasteiger partial charge in [-0.25, -0.2) is 26.2 Å². The Bertz CT molecular complexity index is 472. The van der Waals surface area contributed by atoms with E-state index >= 15 is 0 Å². The van der Waals surface area contributed by atoms with Crippen LogP contribution in [0.1, 0.15) is 5.56 Å². The van der Waals surface area contributed by atoms with Crippen molar-refractivity contribution in [2.24, 2.45) is 0 Å². The first-order valence-corrected chi connectivity index (χ1v) is 5.39. The van der Waals surface area contributed by atoms with Crippen LogP contribution < -0.4 is 0 Å². The van der Waals surface area contributed by atoms with E-state index in [4.69, 9.17) is 4.55 Å². The molecule has 0 amide bonds. The Kier molecular flexibility index (Phi) is 4.35. The molecule has 0 saturated heterocycles. The third-order valence-corrected chi connectivity index (χ3v) is 2.24. The van der Waals surface area contributed by atoms with Crippen molar-refractivity contribution < 1.29 is 30.7 Å². The molecule has 0 radical (unpaired) electrons. The fraction of sp³-hybridized carbons (Fsp3) is 0.111. The first kappa shape index (κ1) is 13.8. The Morgan fingerprint density at radius 1 is 0.941 bits per heavy atom. The van der Waals surface area contributed by atoms with E-state index in [9.17, 15) is 26.2 Å². The van der Waals surface area contributed by atoms with E-state index in [2.05, 4.69) is 0 Å². The summed E-state index contributed by atoms with van der Waals surface area (Å²) in [7, 11) is 0. The molecule has 17 heavy (non-hydrogen) atoms. The van der Waals surface area contributed by atoms with E-state index < -0.39 is 51.5 Å². The first-order chi connectivity index (χ1) is 7.86. The quantitative estimate of drug-likeness (QED) is 0.397. The van der Waals surface area contributed by atoms with Crippen molar-refractivity contribution in [1.82, 2.24) is 0 Å². The smallest absolute Gasteiger partial charge is 0.200 e. The molecule has 0 aromatic heterocycles. The Balaban J connectivity index is 3.25. The second kappa shape index (κ2) is 5.37. The van der Waals surface area contributed by atoms with Crippen LogP contribution in [0.3, 0.4) is 0 Å². The van der Waals surface area contributed by atoms with Gasteiger partial charge in [-0.05, 0) is 0 Å². The minimum atomic E-state index is -2.26. The lowest BCUT2D eigenvalue weighted by atomic mass is 10.1. The molecule has 0 aliphatic rings. The van der Waals surface area contributed by atoms with Gasteiger partial charge in [0.1, 0.15) is 0 Å². The van der Waals surface area contributed by atoms with E-state index in [1.807, 2.05) is 0 Å². The lowest BCUT2D eigenvalue weighted by Gasteiger charge is -2.03. The normalized spacial score (nSPS) is 13.3. The van der Waals surface area contributed by atoms with Gasteiger partial charge in [0.25, 0.3) is 0 Å². The third-order valence-electron chi connectivity index (χ3n) is 1.77. The Hall–Kier alpha value is -1.28. The molecule has 1 aromatic carbocycles. The van der Waals surface area contributed by atoms with Gasteiger partial charge in [-0.1, -0.05) is 12.2 Å². The van der Waals surface area contributed by atoms with Crippen LogP contribution in [-0.2, 0) is 11.1 Å². The maximum atomic E-state index is 13.0. The summed E-state index contributed by atoms with van der Waals surface area (Å²) >= 11 is -2.26. The summed E-state index contributed by atoms with van der Waals surface area (Å²) in [4.78, 5) is 0. The molecule has 8 heteroatoms. The minimum Gasteiger partial charge on any atom is -0.306 e. The van der Waals surface area contributed by atoms with Gasteiger partial charge < -0.3 is 4.55 Å². The predicted octanol–water partition coefficient (Wildman–Crippen LogP) is 2.62. The Morgan fingerprint density at radius 3 is 1.76 bits per heavy atom. The van der Waals surface area contributed by atoms with Crippen LogP contribution in [0.5, 0.6) is 0 Å². The molecule has 1 unspecified atom stereocenters. The molecule has 1 N–H and O–H groups in total. The lowest BCUT2D eigenvalue weighted by molar-refractivity contribution is 0.377. The molecule has 0 aliphatic heterocycles. The van der Waals surface area contributed by atoms with E-state index in [-0.39, 0.29) is 0 Å². The summed E-state index contributed by atoms with van der Waals surface area (Å²) in [5, 5.41) is 0. The SMILES string of the molecule is O=S(O)CC=Cc1c(F)c(F)c(F)c(F)c1F. The molecule has 0 fully saturated rings. The largest absolute Gasteiger partial charge is 0.306 e. The van der Waals surface area contributed by atoms with Gasteiger partial charge in [-0.3, -0.25) is 0 Å². The highest BCUT2D eigenvalue weighted by Crippen LogP contribution is 2.23. The van der Waals surface area contributed by atoms with Gasteiger partial charge >= 0.3 is 0 Å². The second-order valence-electron chi connectivity index (χ2n) is 2.87. The maximum Gasteiger partial charge on any atom is 0.200 e. The van der Waals surface area contributed by atoms with Crippen molar-refractivity contribution >= 4 is 17.2 Å². The molecule has 0 heterocycles. The molecule has 2 nitrogen and oxygen atoms in total. The molecule has 1 atom stereocenters. The topological polar surface area (TPSA) is 37.3 Å². The summed E-state index contributed by atoms with van der Waals surface area (Å²) in [5.74, 6) is -10.8. The standard InChI is InChI=1S/C9H5F5O2S/c10-5-4(2-1-3-17(15)16)6(11)8(13)9(14)7(5)12/h1-2H,3H2,(H,15,16). The van der Waals surface area contributed by atoms with E-state index in [0.717, 1.165) is 6.08 Å². The highest BCUT2D eigenvalue weighted by atomic mass is 32.2. The predicted molar refractivity (Wildman–Crippen MR) is 50.9 cm³/mol. The second-order valence-corrected chi connectivity index (χ2v) is 3.85. The van der Waals surface area contributed by atoms with Crippen molar-refractivity contribution in [2.45, 2.75) is 0 Å². The molecule has 0 saturated carbocycles. The lowest BCUT2D eigenvalue weighted by Crippen LogP contribution is -2.04. The molecular formula is C9H5F5O2S.